The highest BCUT2D eigenvalue weighted by Crippen LogP contribution is 2.24. The van der Waals surface area contributed by atoms with Crippen molar-refractivity contribution in [2.24, 2.45) is 0 Å². The van der Waals surface area contributed by atoms with Crippen molar-refractivity contribution in [1.29, 1.82) is 0 Å². The van der Waals surface area contributed by atoms with E-state index in [1.54, 1.807) is 0 Å². The number of anilines is 1. The van der Waals surface area contributed by atoms with Gasteiger partial charge in [-0.15, -0.1) is 0 Å². The molecule has 4 rings (SSSR count). The summed E-state index contributed by atoms with van der Waals surface area (Å²) < 4.78 is 2.22. The summed E-state index contributed by atoms with van der Waals surface area (Å²) in [5.74, 6) is 1.72. The summed E-state index contributed by atoms with van der Waals surface area (Å²) in [6.07, 6.45) is 7.10. The Morgan fingerprint density at radius 1 is 1.07 bits per heavy atom. The number of rotatable bonds is 7. The molecule has 0 unspecified atom stereocenters. The lowest BCUT2D eigenvalue weighted by atomic mass is 10.0. The van der Waals surface area contributed by atoms with Gasteiger partial charge in [0.15, 0.2) is 0 Å². The molecule has 0 amide bonds. The molecule has 2 aromatic heterocycles. The third kappa shape index (κ3) is 4.87. The average molecular weight is 405 g/mol. The molecule has 1 fully saturated rings. The molecule has 1 aliphatic rings. The minimum Gasteiger partial charge on any atom is -0.351 e. The van der Waals surface area contributed by atoms with Gasteiger partial charge < -0.3 is 14.8 Å². The van der Waals surface area contributed by atoms with Crippen LogP contribution in [-0.2, 0) is 6.42 Å². The van der Waals surface area contributed by atoms with E-state index in [1.165, 1.54) is 5.56 Å². The molecule has 1 aromatic carbocycles. The van der Waals surface area contributed by atoms with E-state index < -0.39 is 0 Å². The van der Waals surface area contributed by atoms with Gasteiger partial charge in [-0.05, 0) is 51.7 Å². The highest BCUT2D eigenvalue weighted by molar-refractivity contribution is 5.56. The standard InChI is InChI=1S/C24H32N6/c1-18(2)30-19(3)26-17-23(30)22-9-13-25-24(28-22)27-21-11-15-29(16-12-21)14-10-20-7-5-4-6-8-20/h4-9,13,17-18,21H,10-12,14-16H2,1-3H3,(H,25,27,28). The van der Waals surface area contributed by atoms with Gasteiger partial charge in [-0.2, -0.15) is 0 Å². The Morgan fingerprint density at radius 2 is 1.83 bits per heavy atom. The number of nitrogens with one attached hydrogen (secondary N) is 1. The fraction of sp³-hybridized carbons (Fsp3) is 0.458. The summed E-state index contributed by atoms with van der Waals surface area (Å²) in [4.78, 5) is 16.3. The molecule has 0 aliphatic carbocycles. The molecule has 1 aliphatic heterocycles. The predicted octanol–water partition coefficient (Wildman–Crippen LogP) is 4.35. The van der Waals surface area contributed by atoms with E-state index in [0.717, 1.165) is 56.1 Å². The van der Waals surface area contributed by atoms with Crippen molar-refractivity contribution in [1.82, 2.24) is 24.4 Å². The van der Waals surface area contributed by atoms with E-state index in [9.17, 15) is 0 Å². The highest BCUT2D eigenvalue weighted by atomic mass is 15.2. The second-order valence-electron chi connectivity index (χ2n) is 8.42. The van der Waals surface area contributed by atoms with Crippen LogP contribution in [0.3, 0.4) is 0 Å². The lowest BCUT2D eigenvalue weighted by molar-refractivity contribution is 0.221. The Balaban J connectivity index is 1.33. The zero-order chi connectivity index (χ0) is 20.9. The van der Waals surface area contributed by atoms with Crippen LogP contribution in [0.15, 0.2) is 48.8 Å². The first-order valence-corrected chi connectivity index (χ1v) is 11.0. The van der Waals surface area contributed by atoms with Crippen LogP contribution in [-0.4, -0.2) is 50.1 Å². The van der Waals surface area contributed by atoms with Crippen molar-refractivity contribution in [2.45, 2.75) is 52.1 Å². The molecule has 0 saturated carbocycles. The van der Waals surface area contributed by atoms with Crippen LogP contribution in [0, 0.1) is 6.92 Å². The van der Waals surface area contributed by atoms with Gasteiger partial charge in [-0.3, -0.25) is 0 Å². The second-order valence-corrected chi connectivity index (χ2v) is 8.42. The minimum atomic E-state index is 0.342. The van der Waals surface area contributed by atoms with Gasteiger partial charge in [0.05, 0.1) is 17.6 Å². The van der Waals surface area contributed by atoms with Crippen LogP contribution in [0.4, 0.5) is 5.95 Å². The molecule has 158 valence electrons. The van der Waals surface area contributed by atoms with Crippen LogP contribution in [0.25, 0.3) is 11.4 Å². The van der Waals surface area contributed by atoms with Gasteiger partial charge in [0.2, 0.25) is 5.95 Å². The first-order valence-electron chi connectivity index (χ1n) is 11.0. The lowest BCUT2D eigenvalue weighted by Crippen LogP contribution is -2.40. The van der Waals surface area contributed by atoms with E-state index in [1.807, 2.05) is 25.4 Å². The quantitative estimate of drug-likeness (QED) is 0.634. The predicted molar refractivity (Wildman–Crippen MR) is 122 cm³/mol. The average Bonchev–Trinajstić information content (AvgIpc) is 3.16. The third-order valence-corrected chi connectivity index (χ3v) is 5.90. The largest absolute Gasteiger partial charge is 0.351 e. The highest BCUT2D eigenvalue weighted by Gasteiger charge is 2.20. The molecule has 0 atom stereocenters. The summed E-state index contributed by atoms with van der Waals surface area (Å²) in [5.41, 5.74) is 3.38. The Morgan fingerprint density at radius 3 is 2.57 bits per heavy atom. The Labute approximate surface area is 179 Å². The lowest BCUT2D eigenvalue weighted by Gasteiger charge is -2.32. The summed E-state index contributed by atoms with van der Waals surface area (Å²) in [7, 11) is 0. The van der Waals surface area contributed by atoms with Crippen molar-refractivity contribution in [2.75, 3.05) is 25.0 Å². The zero-order valence-electron chi connectivity index (χ0n) is 18.3. The summed E-state index contributed by atoms with van der Waals surface area (Å²) >= 11 is 0. The number of hydrogen-bond acceptors (Lipinski definition) is 5. The smallest absolute Gasteiger partial charge is 0.223 e. The molecule has 30 heavy (non-hydrogen) atoms. The number of aromatic nitrogens is 4. The normalized spacial score (nSPS) is 15.6. The maximum Gasteiger partial charge on any atom is 0.223 e. The van der Waals surface area contributed by atoms with Crippen LogP contribution < -0.4 is 5.32 Å². The molecular weight excluding hydrogens is 372 g/mol. The Hall–Kier alpha value is -2.73. The van der Waals surface area contributed by atoms with Gasteiger partial charge in [0, 0.05) is 37.9 Å². The van der Waals surface area contributed by atoms with E-state index in [2.05, 4.69) is 68.9 Å². The summed E-state index contributed by atoms with van der Waals surface area (Å²) in [6, 6.07) is 13.5. The minimum absolute atomic E-state index is 0.342. The maximum absolute atomic E-state index is 4.79. The van der Waals surface area contributed by atoms with Gasteiger partial charge in [-0.1, -0.05) is 30.3 Å². The fourth-order valence-corrected chi connectivity index (χ4v) is 4.28. The van der Waals surface area contributed by atoms with Gasteiger partial charge in [0.1, 0.15) is 5.82 Å². The van der Waals surface area contributed by atoms with Crippen molar-refractivity contribution < 1.29 is 0 Å². The monoisotopic (exact) mass is 404 g/mol. The van der Waals surface area contributed by atoms with Gasteiger partial charge in [-0.25, -0.2) is 15.0 Å². The van der Waals surface area contributed by atoms with Crippen LogP contribution in [0.1, 0.15) is 44.1 Å². The molecule has 0 radical (unpaired) electrons. The maximum atomic E-state index is 4.79. The molecule has 0 bridgehead atoms. The number of hydrogen-bond donors (Lipinski definition) is 1. The molecule has 1 saturated heterocycles. The number of likely N-dealkylation sites (tertiary alicyclic amines) is 1. The van der Waals surface area contributed by atoms with Crippen molar-refractivity contribution in [3.63, 3.8) is 0 Å². The summed E-state index contributed by atoms with van der Waals surface area (Å²) in [6.45, 7) is 9.73. The molecular formula is C24H32N6. The van der Waals surface area contributed by atoms with Crippen molar-refractivity contribution in [3.05, 3.63) is 60.2 Å². The van der Waals surface area contributed by atoms with Crippen LogP contribution in [0.5, 0.6) is 0 Å². The first kappa shape index (κ1) is 20.5. The molecule has 3 aromatic rings. The molecule has 6 nitrogen and oxygen atoms in total. The number of nitrogens with zero attached hydrogens (tertiary/aromatic N) is 5. The third-order valence-electron chi connectivity index (χ3n) is 5.90. The fourth-order valence-electron chi connectivity index (χ4n) is 4.28. The number of piperidine rings is 1. The Bertz CT molecular complexity index is 941. The van der Waals surface area contributed by atoms with E-state index >= 15 is 0 Å². The summed E-state index contributed by atoms with van der Waals surface area (Å²) in [5, 5.41) is 3.56. The van der Waals surface area contributed by atoms with Crippen molar-refractivity contribution >= 4 is 5.95 Å². The SMILES string of the molecule is Cc1ncc(-c2ccnc(NC3CCN(CCc4ccccc4)CC3)n2)n1C(C)C. The first-order chi connectivity index (χ1) is 14.6. The number of aryl methyl sites for hydroxylation is 1. The van der Waals surface area contributed by atoms with E-state index in [-0.39, 0.29) is 0 Å². The number of benzene rings is 1. The van der Waals surface area contributed by atoms with Crippen molar-refractivity contribution in [3.8, 4) is 11.4 Å². The molecule has 3 heterocycles. The molecule has 6 heteroatoms. The van der Waals surface area contributed by atoms with E-state index in [0.29, 0.717) is 18.0 Å². The van der Waals surface area contributed by atoms with Crippen LogP contribution in [0.2, 0.25) is 0 Å². The topological polar surface area (TPSA) is 58.9 Å². The zero-order valence-corrected chi connectivity index (χ0v) is 18.3. The van der Waals surface area contributed by atoms with Crippen LogP contribution >= 0.6 is 0 Å². The van der Waals surface area contributed by atoms with Gasteiger partial charge in [0.25, 0.3) is 0 Å². The second kappa shape index (κ2) is 9.39. The van der Waals surface area contributed by atoms with Gasteiger partial charge >= 0.3 is 0 Å². The molecule has 1 N–H and O–H groups in total. The molecule has 0 spiro atoms. The number of imidazole rings is 1. The Kier molecular flexibility index (Phi) is 6.43. The van der Waals surface area contributed by atoms with E-state index in [4.69, 9.17) is 4.98 Å².